The predicted molar refractivity (Wildman–Crippen MR) is 64.6 cm³/mol. The van der Waals surface area contributed by atoms with Crippen LogP contribution in [0.15, 0.2) is 36.7 Å². The molecular formula is C13H13N3. The van der Waals surface area contributed by atoms with Gasteiger partial charge in [-0.05, 0) is 23.6 Å². The lowest BCUT2D eigenvalue weighted by Gasteiger charge is -2.04. The van der Waals surface area contributed by atoms with E-state index in [1.54, 1.807) is 0 Å². The van der Waals surface area contributed by atoms with Crippen molar-refractivity contribution in [3.05, 3.63) is 42.2 Å². The Morgan fingerprint density at radius 3 is 2.81 bits per heavy atom. The fourth-order valence-corrected chi connectivity index (χ4v) is 1.86. The average molecular weight is 211 g/mol. The Labute approximate surface area is 93.8 Å². The number of para-hydroxylation sites is 2. The number of rotatable bonds is 1. The minimum Gasteiger partial charge on any atom is -0.283 e. The molecule has 3 rings (SSSR count). The number of aromatic nitrogens is 3. The third kappa shape index (κ3) is 1.28. The number of fused-ring (bicyclic) bond motifs is 3. The number of imidazole rings is 1. The van der Waals surface area contributed by atoms with Crippen LogP contribution in [0.5, 0.6) is 0 Å². The van der Waals surface area contributed by atoms with Crippen molar-refractivity contribution in [3.8, 4) is 0 Å². The van der Waals surface area contributed by atoms with Crippen LogP contribution in [-0.4, -0.2) is 14.4 Å². The van der Waals surface area contributed by atoms with Crippen LogP contribution in [0.25, 0.3) is 16.8 Å². The van der Waals surface area contributed by atoms with E-state index in [1.807, 2.05) is 24.4 Å². The molecule has 16 heavy (non-hydrogen) atoms. The molecule has 0 aliphatic rings. The van der Waals surface area contributed by atoms with E-state index in [2.05, 4.69) is 40.5 Å². The Morgan fingerprint density at radius 1 is 1.19 bits per heavy atom. The van der Waals surface area contributed by atoms with Crippen molar-refractivity contribution in [3.63, 3.8) is 0 Å². The third-order valence-corrected chi connectivity index (χ3v) is 2.85. The fourth-order valence-electron chi connectivity index (χ4n) is 1.86. The minimum absolute atomic E-state index is 0.484. The Bertz CT molecular complexity index is 652. The molecule has 0 aliphatic carbocycles. The van der Waals surface area contributed by atoms with Crippen LogP contribution in [-0.2, 0) is 0 Å². The smallest absolute Gasteiger partial charge is 0.234 e. The van der Waals surface area contributed by atoms with Gasteiger partial charge in [0, 0.05) is 12.4 Å². The van der Waals surface area contributed by atoms with Gasteiger partial charge in [0.25, 0.3) is 0 Å². The Hall–Kier alpha value is -1.90. The van der Waals surface area contributed by atoms with E-state index >= 15 is 0 Å². The fraction of sp³-hybridized carbons (Fsp3) is 0.231. The van der Waals surface area contributed by atoms with Crippen molar-refractivity contribution in [1.29, 1.82) is 0 Å². The largest absolute Gasteiger partial charge is 0.283 e. The Morgan fingerprint density at radius 2 is 2.00 bits per heavy atom. The zero-order valence-corrected chi connectivity index (χ0v) is 9.38. The van der Waals surface area contributed by atoms with Gasteiger partial charge in [0.15, 0.2) is 0 Å². The summed E-state index contributed by atoms with van der Waals surface area (Å²) in [6.07, 6.45) is 4.04. The van der Waals surface area contributed by atoms with E-state index in [9.17, 15) is 0 Å². The summed E-state index contributed by atoms with van der Waals surface area (Å²) >= 11 is 0. The molecule has 0 aliphatic heterocycles. The standard InChI is InChI=1S/C13H13N3/c1-9(2)10-7-14-13-15-11-5-3-4-6-12(11)16(13)8-10/h3-9H,1-2H3. The topological polar surface area (TPSA) is 30.2 Å². The molecule has 0 saturated carbocycles. The quantitative estimate of drug-likeness (QED) is 0.619. The van der Waals surface area contributed by atoms with E-state index in [1.165, 1.54) is 5.56 Å². The molecule has 3 nitrogen and oxygen atoms in total. The summed E-state index contributed by atoms with van der Waals surface area (Å²) in [5, 5.41) is 0. The molecule has 0 bridgehead atoms. The van der Waals surface area contributed by atoms with Gasteiger partial charge in [-0.3, -0.25) is 4.40 Å². The SMILES string of the molecule is CC(C)c1cnc2nc3ccccc3n2c1. The zero-order chi connectivity index (χ0) is 11.1. The third-order valence-electron chi connectivity index (χ3n) is 2.85. The van der Waals surface area contributed by atoms with Gasteiger partial charge in [-0.15, -0.1) is 0 Å². The summed E-state index contributed by atoms with van der Waals surface area (Å²) < 4.78 is 2.06. The highest BCUT2D eigenvalue weighted by molar-refractivity contribution is 5.79. The van der Waals surface area contributed by atoms with Crippen LogP contribution >= 0.6 is 0 Å². The highest BCUT2D eigenvalue weighted by atomic mass is 15.1. The van der Waals surface area contributed by atoms with Crippen LogP contribution in [0.1, 0.15) is 25.3 Å². The highest BCUT2D eigenvalue weighted by Crippen LogP contribution is 2.18. The molecule has 0 saturated heterocycles. The van der Waals surface area contributed by atoms with Crippen molar-refractivity contribution in [2.24, 2.45) is 0 Å². The Kier molecular flexibility index (Phi) is 1.93. The summed E-state index contributed by atoms with van der Waals surface area (Å²) in [5.41, 5.74) is 3.35. The maximum Gasteiger partial charge on any atom is 0.234 e. The lowest BCUT2D eigenvalue weighted by atomic mass is 10.1. The summed E-state index contributed by atoms with van der Waals surface area (Å²) in [4.78, 5) is 8.86. The molecule has 0 amide bonds. The molecule has 80 valence electrons. The van der Waals surface area contributed by atoms with Crippen molar-refractivity contribution in [2.45, 2.75) is 19.8 Å². The van der Waals surface area contributed by atoms with Gasteiger partial charge in [0.05, 0.1) is 11.0 Å². The van der Waals surface area contributed by atoms with Crippen LogP contribution in [0.2, 0.25) is 0 Å². The predicted octanol–water partition coefficient (Wildman–Crippen LogP) is 3.01. The maximum atomic E-state index is 4.47. The van der Waals surface area contributed by atoms with Gasteiger partial charge in [0.2, 0.25) is 5.78 Å². The first kappa shape index (κ1) is 9.33. The van der Waals surface area contributed by atoms with E-state index in [-0.39, 0.29) is 0 Å². The average Bonchev–Trinajstić information content (AvgIpc) is 2.66. The maximum absolute atomic E-state index is 4.47. The first-order valence-electron chi connectivity index (χ1n) is 5.48. The van der Waals surface area contributed by atoms with Gasteiger partial charge in [-0.25, -0.2) is 9.97 Å². The highest BCUT2D eigenvalue weighted by Gasteiger charge is 2.06. The molecule has 0 radical (unpaired) electrons. The molecular weight excluding hydrogens is 198 g/mol. The summed E-state index contributed by atoms with van der Waals surface area (Å²) in [5.74, 6) is 1.25. The second kappa shape index (κ2) is 3.30. The summed E-state index contributed by atoms with van der Waals surface area (Å²) in [6.45, 7) is 4.34. The first-order chi connectivity index (χ1) is 7.75. The lowest BCUT2D eigenvalue weighted by Crippen LogP contribution is -1.95. The second-order valence-corrected chi connectivity index (χ2v) is 4.31. The molecule has 3 heteroatoms. The first-order valence-corrected chi connectivity index (χ1v) is 5.48. The number of nitrogens with zero attached hydrogens (tertiary/aromatic N) is 3. The van der Waals surface area contributed by atoms with Crippen LogP contribution < -0.4 is 0 Å². The van der Waals surface area contributed by atoms with E-state index in [4.69, 9.17) is 0 Å². The molecule has 0 atom stereocenters. The van der Waals surface area contributed by atoms with Crippen LogP contribution in [0.3, 0.4) is 0 Å². The number of hydrogen-bond acceptors (Lipinski definition) is 2. The number of hydrogen-bond donors (Lipinski definition) is 0. The van der Waals surface area contributed by atoms with Crippen LogP contribution in [0.4, 0.5) is 0 Å². The van der Waals surface area contributed by atoms with Gasteiger partial charge in [-0.2, -0.15) is 0 Å². The van der Waals surface area contributed by atoms with Gasteiger partial charge >= 0.3 is 0 Å². The van der Waals surface area contributed by atoms with Gasteiger partial charge in [-0.1, -0.05) is 26.0 Å². The van der Waals surface area contributed by atoms with Gasteiger partial charge < -0.3 is 0 Å². The summed E-state index contributed by atoms with van der Waals surface area (Å²) in [6, 6.07) is 8.11. The van der Waals surface area contributed by atoms with E-state index < -0.39 is 0 Å². The molecule has 3 aromatic rings. The lowest BCUT2D eigenvalue weighted by molar-refractivity contribution is 0.844. The molecule has 0 N–H and O–H groups in total. The summed E-state index contributed by atoms with van der Waals surface area (Å²) in [7, 11) is 0. The monoisotopic (exact) mass is 211 g/mol. The van der Waals surface area contributed by atoms with E-state index in [0.29, 0.717) is 5.92 Å². The van der Waals surface area contributed by atoms with E-state index in [0.717, 1.165) is 16.8 Å². The molecule has 0 spiro atoms. The minimum atomic E-state index is 0.484. The second-order valence-electron chi connectivity index (χ2n) is 4.31. The number of benzene rings is 1. The van der Waals surface area contributed by atoms with Gasteiger partial charge in [0.1, 0.15) is 0 Å². The van der Waals surface area contributed by atoms with Crippen molar-refractivity contribution in [1.82, 2.24) is 14.4 Å². The Balaban J connectivity index is 2.40. The van der Waals surface area contributed by atoms with Crippen molar-refractivity contribution >= 4 is 16.8 Å². The van der Waals surface area contributed by atoms with Crippen molar-refractivity contribution in [2.75, 3.05) is 0 Å². The van der Waals surface area contributed by atoms with Crippen molar-refractivity contribution < 1.29 is 0 Å². The molecule has 0 unspecified atom stereocenters. The molecule has 1 aromatic carbocycles. The normalized spacial score (nSPS) is 11.7. The molecule has 2 aromatic heterocycles. The molecule has 2 heterocycles. The van der Waals surface area contributed by atoms with Crippen LogP contribution in [0, 0.1) is 0 Å². The molecule has 0 fully saturated rings. The zero-order valence-electron chi connectivity index (χ0n) is 9.38.